The minimum Gasteiger partial charge on any atom is -0.488 e. The lowest BCUT2D eigenvalue weighted by atomic mass is 10.2. The fourth-order valence-electron chi connectivity index (χ4n) is 3.32. The van der Waals surface area contributed by atoms with Crippen LogP contribution >= 0.6 is 0 Å². The number of anilines is 1. The second-order valence-electron chi connectivity index (χ2n) is 7.04. The number of benzene rings is 2. The average molecular weight is 416 g/mol. The molecule has 8 heteroatoms. The molecule has 1 fully saturated rings. The molecule has 1 saturated heterocycles. The number of fused-ring (bicyclic) bond motifs is 1. The number of hydrogen-bond acceptors (Lipinski definition) is 6. The predicted octanol–water partition coefficient (Wildman–Crippen LogP) is 3.25. The van der Waals surface area contributed by atoms with Crippen LogP contribution in [0.3, 0.4) is 0 Å². The first kappa shape index (κ1) is 19.8. The summed E-state index contributed by atoms with van der Waals surface area (Å²) >= 11 is 0. The molecular formula is C21H24N2O5S. The number of sulfonamides is 1. The molecular weight excluding hydrogens is 392 g/mol. The molecule has 7 nitrogen and oxygen atoms in total. The molecule has 2 aromatic carbocycles. The van der Waals surface area contributed by atoms with Gasteiger partial charge in [0, 0.05) is 31.1 Å². The smallest absolute Gasteiger partial charge is 0.261 e. The van der Waals surface area contributed by atoms with E-state index in [4.69, 9.17) is 13.9 Å². The van der Waals surface area contributed by atoms with Crippen LogP contribution in [0.4, 0.5) is 5.69 Å². The van der Waals surface area contributed by atoms with E-state index >= 15 is 0 Å². The third kappa shape index (κ3) is 4.72. The minimum absolute atomic E-state index is 0.222. The van der Waals surface area contributed by atoms with Crippen LogP contribution in [0, 0.1) is 6.92 Å². The van der Waals surface area contributed by atoms with Crippen molar-refractivity contribution in [2.45, 2.75) is 11.8 Å². The van der Waals surface area contributed by atoms with Crippen LogP contribution in [0.25, 0.3) is 11.0 Å². The second kappa shape index (κ2) is 8.44. The van der Waals surface area contributed by atoms with E-state index in [9.17, 15) is 8.42 Å². The van der Waals surface area contributed by atoms with Gasteiger partial charge in [0.25, 0.3) is 10.0 Å². The van der Waals surface area contributed by atoms with Crippen molar-refractivity contribution in [2.24, 2.45) is 0 Å². The van der Waals surface area contributed by atoms with Crippen molar-refractivity contribution in [1.29, 1.82) is 0 Å². The number of furan rings is 1. The Morgan fingerprint density at radius 3 is 2.76 bits per heavy atom. The zero-order chi connectivity index (χ0) is 20.3. The molecule has 0 saturated carbocycles. The number of morpholine rings is 1. The van der Waals surface area contributed by atoms with E-state index in [1.807, 2.05) is 13.0 Å². The topological polar surface area (TPSA) is 81.0 Å². The normalized spacial score (nSPS) is 15.5. The van der Waals surface area contributed by atoms with Gasteiger partial charge in [-0.2, -0.15) is 0 Å². The highest BCUT2D eigenvalue weighted by Crippen LogP contribution is 2.32. The largest absolute Gasteiger partial charge is 0.488 e. The number of ether oxygens (including phenoxy) is 2. The maximum absolute atomic E-state index is 12.8. The number of nitrogens with zero attached hydrogens (tertiary/aromatic N) is 1. The minimum atomic E-state index is -3.70. The first-order chi connectivity index (χ1) is 14.0. The molecule has 2 heterocycles. The van der Waals surface area contributed by atoms with E-state index in [1.165, 1.54) is 0 Å². The monoisotopic (exact) mass is 416 g/mol. The molecule has 154 valence electrons. The molecule has 1 aliphatic heterocycles. The fourth-order valence-corrected chi connectivity index (χ4v) is 4.47. The van der Waals surface area contributed by atoms with Gasteiger partial charge in [0.2, 0.25) is 0 Å². The van der Waals surface area contributed by atoms with Gasteiger partial charge < -0.3 is 13.9 Å². The van der Waals surface area contributed by atoms with E-state index in [0.29, 0.717) is 23.6 Å². The summed E-state index contributed by atoms with van der Waals surface area (Å²) in [7, 11) is -3.70. The standard InChI is InChI=1S/C21H24N2O5S/c1-16-3-2-4-19(13-16)29(24,25)22-18-14-17-5-9-28-21(17)20(15-18)27-12-8-23-6-10-26-11-7-23/h2-5,9,13-15,22H,6-8,10-12H2,1H3. The molecule has 4 rings (SSSR count). The van der Waals surface area contributed by atoms with Crippen LogP contribution in [0.5, 0.6) is 5.75 Å². The number of aryl methyl sites for hydroxylation is 1. The zero-order valence-corrected chi connectivity index (χ0v) is 17.1. The number of hydrogen-bond donors (Lipinski definition) is 1. The van der Waals surface area contributed by atoms with Gasteiger partial charge in [0.1, 0.15) is 6.61 Å². The summed E-state index contributed by atoms with van der Waals surface area (Å²) < 4.78 is 45.0. The Labute approximate surface area is 170 Å². The molecule has 0 unspecified atom stereocenters. The van der Waals surface area contributed by atoms with Crippen molar-refractivity contribution in [3.8, 4) is 5.75 Å². The van der Waals surface area contributed by atoms with Crippen LogP contribution < -0.4 is 9.46 Å². The lowest BCUT2D eigenvalue weighted by Gasteiger charge is -2.26. The Hall–Kier alpha value is -2.55. The van der Waals surface area contributed by atoms with Gasteiger partial charge in [-0.1, -0.05) is 12.1 Å². The molecule has 1 N–H and O–H groups in total. The average Bonchev–Trinajstić information content (AvgIpc) is 3.17. The van der Waals surface area contributed by atoms with Crippen LogP contribution in [-0.4, -0.2) is 52.8 Å². The van der Waals surface area contributed by atoms with Gasteiger partial charge in [0.15, 0.2) is 11.3 Å². The molecule has 1 aromatic heterocycles. The summed E-state index contributed by atoms with van der Waals surface area (Å²) in [5, 5.41) is 0.774. The SMILES string of the molecule is Cc1cccc(S(=O)(=O)Nc2cc(OCCN3CCOCC3)c3occc3c2)c1. The summed E-state index contributed by atoms with van der Waals surface area (Å²) in [6.45, 7) is 6.34. The molecule has 3 aromatic rings. The van der Waals surface area contributed by atoms with Gasteiger partial charge in [-0.05, 0) is 36.8 Å². The maximum Gasteiger partial charge on any atom is 0.261 e. The number of nitrogens with one attached hydrogen (secondary N) is 1. The Morgan fingerprint density at radius 2 is 1.97 bits per heavy atom. The van der Waals surface area contributed by atoms with Crippen molar-refractivity contribution in [3.63, 3.8) is 0 Å². The van der Waals surface area contributed by atoms with Crippen molar-refractivity contribution in [2.75, 3.05) is 44.2 Å². The van der Waals surface area contributed by atoms with Crippen molar-refractivity contribution >= 4 is 26.7 Å². The first-order valence-corrected chi connectivity index (χ1v) is 11.0. The third-order valence-corrected chi connectivity index (χ3v) is 6.22. The van der Waals surface area contributed by atoms with Crippen molar-refractivity contribution < 1.29 is 22.3 Å². The summed E-state index contributed by atoms with van der Waals surface area (Å²) in [4.78, 5) is 2.49. The molecule has 0 aliphatic carbocycles. The summed E-state index contributed by atoms with van der Waals surface area (Å²) in [6.07, 6.45) is 1.57. The predicted molar refractivity (Wildman–Crippen MR) is 111 cm³/mol. The lowest BCUT2D eigenvalue weighted by Crippen LogP contribution is -2.38. The van der Waals surface area contributed by atoms with E-state index in [2.05, 4.69) is 9.62 Å². The third-order valence-electron chi connectivity index (χ3n) is 4.84. The summed E-state index contributed by atoms with van der Waals surface area (Å²) in [6, 6.07) is 12.0. The van der Waals surface area contributed by atoms with Gasteiger partial charge in [-0.25, -0.2) is 8.42 Å². The fraction of sp³-hybridized carbons (Fsp3) is 0.333. The molecule has 1 aliphatic rings. The number of rotatable bonds is 7. The van der Waals surface area contributed by atoms with E-state index in [-0.39, 0.29) is 4.90 Å². The van der Waals surface area contributed by atoms with E-state index in [0.717, 1.165) is 43.8 Å². The Morgan fingerprint density at radius 1 is 1.14 bits per heavy atom. The maximum atomic E-state index is 12.8. The molecule has 0 spiro atoms. The quantitative estimate of drug-likeness (QED) is 0.637. The Kier molecular flexibility index (Phi) is 5.75. The highest BCUT2D eigenvalue weighted by atomic mass is 32.2. The van der Waals surface area contributed by atoms with Crippen LogP contribution in [0.1, 0.15) is 5.56 Å². The molecule has 0 bridgehead atoms. The van der Waals surface area contributed by atoms with E-state index < -0.39 is 10.0 Å². The zero-order valence-electron chi connectivity index (χ0n) is 16.3. The van der Waals surface area contributed by atoms with Gasteiger partial charge >= 0.3 is 0 Å². The summed E-state index contributed by atoms with van der Waals surface area (Å²) in [5.41, 5.74) is 1.91. The Bertz CT molecular complexity index is 1090. The van der Waals surface area contributed by atoms with E-state index in [1.54, 1.807) is 42.7 Å². The second-order valence-corrected chi connectivity index (χ2v) is 8.72. The van der Waals surface area contributed by atoms with Crippen LogP contribution in [0.2, 0.25) is 0 Å². The van der Waals surface area contributed by atoms with Gasteiger partial charge in [-0.3, -0.25) is 9.62 Å². The molecule has 0 radical (unpaired) electrons. The van der Waals surface area contributed by atoms with Crippen LogP contribution in [-0.2, 0) is 14.8 Å². The summed E-state index contributed by atoms with van der Waals surface area (Å²) in [5.74, 6) is 0.516. The van der Waals surface area contributed by atoms with Crippen LogP contribution in [0.15, 0.2) is 58.0 Å². The van der Waals surface area contributed by atoms with Crippen molar-refractivity contribution in [3.05, 3.63) is 54.3 Å². The lowest BCUT2D eigenvalue weighted by molar-refractivity contribution is 0.0323. The van der Waals surface area contributed by atoms with Gasteiger partial charge in [0.05, 0.1) is 30.1 Å². The van der Waals surface area contributed by atoms with Crippen molar-refractivity contribution in [1.82, 2.24) is 4.90 Å². The molecule has 0 amide bonds. The highest BCUT2D eigenvalue weighted by Gasteiger charge is 2.17. The van der Waals surface area contributed by atoms with Gasteiger partial charge in [-0.15, -0.1) is 0 Å². The Balaban J connectivity index is 1.52. The molecule has 29 heavy (non-hydrogen) atoms. The highest BCUT2D eigenvalue weighted by molar-refractivity contribution is 7.92. The first-order valence-electron chi connectivity index (χ1n) is 9.55. The molecule has 0 atom stereocenters.